The number of thiophene rings is 1. The quantitative estimate of drug-likeness (QED) is 0.174. The monoisotopic (exact) mass is 792 g/mol. The number of rotatable bonds is 5. The van der Waals surface area contributed by atoms with Gasteiger partial charge in [-0.3, -0.25) is 0 Å². The Morgan fingerprint density at radius 1 is 0.567 bits per heavy atom. The number of nitrogens with zero attached hydrogens (tertiary/aromatic N) is 2. The maximum Gasteiger partial charge on any atom is 0.174 e. The van der Waals surface area contributed by atoms with Gasteiger partial charge < -0.3 is 23.1 Å². The number of anilines is 6. The number of fused-ring (bicyclic) bond motifs is 16. The summed E-state index contributed by atoms with van der Waals surface area (Å²) in [6.45, 7) is 4.48. The summed E-state index contributed by atoms with van der Waals surface area (Å²) in [5, 5.41) is 4.70. The summed E-state index contributed by atoms with van der Waals surface area (Å²) in [6, 6.07) is 59.4. The lowest BCUT2D eigenvalue weighted by Gasteiger charge is -2.44. The first-order valence-corrected chi connectivity index (χ1v) is 21.3. The zero-order valence-electron chi connectivity index (χ0n) is 32.8. The Morgan fingerprint density at radius 3 is 2.10 bits per heavy atom. The highest BCUT2D eigenvalue weighted by Gasteiger charge is 2.55. The maximum absolute atomic E-state index is 6.72. The Morgan fingerprint density at radius 2 is 1.28 bits per heavy atom. The molecule has 11 aromatic rings. The fourth-order valence-electron chi connectivity index (χ4n) is 10.2. The lowest BCUT2D eigenvalue weighted by atomic mass is 9.65. The molecule has 1 aliphatic carbocycles. The number of para-hydroxylation sites is 3. The lowest BCUT2D eigenvalue weighted by molar-refractivity contribution is 0.525. The third-order valence-corrected chi connectivity index (χ3v) is 14.0. The number of furan rings is 3. The van der Waals surface area contributed by atoms with Crippen molar-refractivity contribution in [3.63, 3.8) is 0 Å². The third kappa shape index (κ3) is 4.40. The second-order valence-corrected chi connectivity index (χ2v) is 17.3. The molecule has 0 saturated carbocycles. The molecule has 0 radical (unpaired) electrons. The molecule has 0 unspecified atom stereocenters. The average Bonchev–Trinajstić information content (AvgIpc) is 4.13. The number of hydrogen-bond acceptors (Lipinski definition) is 6. The topological polar surface area (TPSA) is 45.9 Å². The largest absolute Gasteiger partial charge is 0.461 e. The molecule has 0 N–H and O–H groups in total. The van der Waals surface area contributed by atoms with Crippen molar-refractivity contribution in [3.8, 4) is 11.5 Å². The number of benzene rings is 7. The van der Waals surface area contributed by atoms with Crippen molar-refractivity contribution in [2.24, 2.45) is 0 Å². The summed E-state index contributed by atoms with van der Waals surface area (Å²) in [4.78, 5) is 4.85. The molecule has 0 bridgehead atoms. The van der Waals surface area contributed by atoms with Crippen LogP contribution in [-0.4, -0.2) is 0 Å². The molecule has 7 aromatic carbocycles. The van der Waals surface area contributed by atoms with Crippen LogP contribution in [0.15, 0.2) is 190 Å². The Kier molecular flexibility index (Phi) is 6.94. The highest BCUT2D eigenvalue weighted by atomic mass is 32.1. The summed E-state index contributed by atoms with van der Waals surface area (Å²) >= 11 is 1.86. The molecule has 2 aliphatic rings. The smallest absolute Gasteiger partial charge is 0.174 e. The van der Waals surface area contributed by atoms with Crippen molar-refractivity contribution in [2.75, 3.05) is 9.80 Å². The van der Waals surface area contributed by atoms with E-state index in [1.165, 1.54) is 36.9 Å². The summed E-state index contributed by atoms with van der Waals surface area (Å²) < 4.78 is 21.7. The molecular formula is C54H36N2O3S. The van der Waals surface area contributed by atoms with Crippen LogP contribution in [0.3, 0.4) is 0 Å². The van der Waals surface area contributed by atoms with E-state index >= 15 is 0 Å². The Balaban J connectivity index is 1.09. The first-order valence-electron chi connectivity index (χ1n) is 20.5. The van der Waals surface area contributed by atoms with Crippen molar-refractivity contribution < 1.29 is 13.3 Å². The molecule has 5 nitrogen and oxygen atoms in total. The number of hydrogen-bond donors (Lipinski definition) is 0. The Bertz CT molecular complexity index is 3470. The first kappa shape index (κ1) is 33.7. The van der Waals surface area contributed by atoms with E-state index in [4.69, 9.17) is 13.3 Å². The zero-order chi connectivity index (χ0) is 39.7. The van der Waals surface area contributed by atoms with Crippen LogP contribution < -0.4 is 9.80 Å². The van der Waals surface area contributed by atoms with Gasteiger partial charge in [0.15, 0.2) is 17.1 Å². The van der Waals surface area contributed by atoms with Gasteiger partial charge >= 0.3 is 0 Å². The van der Waals surface area contributed by atoms with Crippen molar-refractivity contribution in [1.29, 1.82) is 0 Å². The first-order chi connectivity index (χ1) is 29.6. The summed E-state index contributed by atoms with van der Waals surface area (Å²) in [5.74, 6) is 2.00. The van der Waals surface area contributed by atoms with E-state index in [2.05, 4.69) is 181 Å². The molecule has 60 heavy (non-hydrogen) atoms. The van der Waals surface area contributed by atoms with Crippen molar-refractivity contribution >= 4 is 87.6 Å². The van der Waals surface area contributed by atoms with Gasteiger partial charge in [0, 0.05) is 54.4 Å². The zero-order valence-corrected chi connectivity index (χ0v) is 33.7. The highest BCUT2D eigenvalue weighted by Crippen LogP contribution is 2.65. The second-order valence-electron chi connectivity index (χ2n) is 16.2. The second kappa shape index (κ2) is 12.4. The van der Waals surface area contributed by atoms with E-state index in [1.54, 1.807) is 12.5 Å². The normalized spacial score (nSPS) is 13.8. The highest BCUT2D eigenvalue weighted by molar-refractivity contribution is 7.26. The predicted molar refractivity (Wildman–Crippen MR) is 245 cm³/mol. The van der Waals surface area contributed by atoms with E-state index in [9.17, 15) is 0 Å². The van der Waals surface area contributed by atoms with E-state index in [1.807, 2.05) is 17.4 Å². The van der Waals surface area contributed by atoms with Crippen molar-refractivity contribution in [3.05, 3.63) is 204 Å². The minimum Gasteiger partial charge on any atom is -0.461 e. The standard InChI is InChI=1S/C54H36N2O3S/c1-32(2)33-21-23-34(24-22-33)55(46-18-10-15-39-37-13-3-7-19-47(37)59-50(39)46)35-11-9-12-36(31-35)56-45-17-6-5-16-41(45)54(43-27-29-57-51(43)52-44(54)28-30-58-52)42-26-25-40-38-14-4-8-20-48(38)60-53(40)49(42)56/h3-32H,1-2H3. The molecule has 1 spiro atoms. The van der Waals surface area contributed by atoms with Crippen LogP contribution in [0.5, 0.6) is 0 Å². The van der Waals surface area contributed by atoms with Crippen LogP contribution in [0.4, 0.5) is 34.1 Å². The predicted octanol–water partition coefficient (Wildman–Crippen LogP) is 15.9. The molecule has 0 fully saturated rings. The van der Waals surface area contributed by atoms with Gasteiger partial charge in [-0.15, -0.1) is 11.3 Å². The molecular weight excluding hydrogens is 757 g/mol. The SMILES string of the molecule is CC(C)c1ccc(N(c2cccc(N3c4ccccc4C4(c5ccoc5-c5occc54)c4ccc5c(sc6ccccc65)c43)c2)c2cccc3c2oc2ccccc23)cc1. The van der Waals surface area contributed by atoms with Gasteiger partial charge in [-0.05, 0) is 89.3 Å². The van der Waals surface area contributed by atoms with Gasteiger partial charge in [-0.2, -0.15) is 0 Å². The lowest BCUT2D eigenvalue weighted by Crippen LogP contribution is -2.35. The molecule has 0 atom stereocenters. The van der Waals surface area contributed by atoms with Gasteiger partial charge in [0.2, 0.25) is 0 Å². The van der Waals surface area contributed by atoms with Crippen LogP contribution >= 0.6 is 11.3 Å². The van der Waals surface area contributed by atoms with E-state index < -0.39 is 5.41 Å². The van der Waals surface area contributed by atoms with Gasteiger partial charge in [-0.1, -0.05) is 111 Å². The molecule has 6 heteroatoms. The van der Waals surface area contributed by atoms with E-state index in [-0.39, 0.29) is 0 Å². The van der Waals surface area contributed by atoms with Crippen LogP contribution in [0.2, 0.25) is 0 Å². The molecule has 1 aliphatic heterocycles. The molecule has 4 aromatic heterocycles. The van der Waals surface area contributed by atoms with E-state index in [0.717, 1.165) is 78.7 Å². The van der Waals surface area contributed by atoms with Crippen LogP contribution in [0.25, 0.3) is 53.6 Å². The summed E-state index contributed by atoms with van der Waals surface area (Å²) in [6.07, 6.45) is 3.61. The van der Waals surface area contributed by atoms with Crippen LogP contribution in [0, 0.1) is 0 Å². The molecule has 0 amide bonds. The Labute approximate surface area is 349 Å². The minimum absolute atomic E-state index is 0.416. The molecule has 5 heterocycles. The molecule has 0 saturated heterocycles. The summed E-state index contributed by atoms with van der Waals surface area (Å²) in [5.41, 5.74) is 13.4. The van der Waals surface area contributed by atoms with E-state index in [0.29, 0.717) is 5.92 Å². The van der Waals surface area contributed by atoms with Gasteiger partial charge in [0.05, 0.1) is 39.7 Å². The van der Waals surface area contributed by atoms with Gasteiger partial charge in [0.25, 0.3) is 0 Å². The van der Waals surface area contributed by atoms with Gasteiger partial charge in [0.1, 0.15) is 5.58 Å². The van der Waals surface area contributed by atoms with Crippen molar-refractivity contribution in [2.45, 2.75) is 25.2 Å². The third-order valence-electron chi connectivity index (χ3n) is 12.8. The van der Waals surface area contributed by atoms with Crippen LogP contribution in [0.1, 0.15) is 47.6 Å². The average molecular weight is 793 g/mol. The minimum atomic E-state index is -0.643. The Hall–Kier alpha value is -7.28. The van der Waals surface area contributed by atoms with Crippen LogP contribution in [-0.2, 0) is 5.41 Å². The van der Waals surface area contributed by atoms with Crippen molar-refractivity contribution in [1.82, 2.24) is 0 Å². The summed E-state index contributed by atoms with van der Waals surface area (Å²) in [7, 11) is 0. The molecule has 286 valence electrons. The molecule has 13 rings (SSSR count). The fraction of sp³-hybridized carbons (Fsp3) is 0.0741. The maximum atomic E-state index is 6.72. The van der Waals surface area contributed by atoms with Gasteiger partial charge in [-0.25, -0.2) is 0 Å². The fourth-order valence-corrected chi connectivity index (χ4v) is 11.5.